The zero-order valence-corrected chi connectivity index (χ0v) is 19.1. The molecule has 4 N–H and O–H groups in total. The summed E-state index contributed by atoms with van der Waals surface area (Å²) in [5.41, 5.74) is 12.9. The van der Waals surface area contributed by atoms with Crippen molar-refractivity contribution in [3.8, 4) is 23.0 Å². The van der Waals surface area contributed by atoms with Gasteiger partial charge in [0.05, 0.1) is 0 Å². The van der Waals surface area contributed by atoms with Crippen LogP contribution in [0.1, 0.15) is 0 Å². The summed E-state index contributed by atoms with van der Waals surface area (Å²) in [6.45, 7) is 0. The van der Waals surface area contributed by atoms with E-state index in [4.69, 9.17) is 20.9 Å². The van der Waals surface area contributed by atoms with Gasteiger partial charge < -0.3 is 0 Å². The summed E-state index contributed by atoms with van der Waals surface area (Å²) in [6, 6.07) is 31.5. The van der Waals surface area contributed by atoms with E-state index < -0.39 is 23.2 Å². The van der Waals surface area contributed by atoms with Crippen LogP contribution in [0.2, 0.25) is 0 Å². The molecule has 0 aromatic heterocycles. The second kappa shape index (κ2) is 8.98. The van der Waals surface area contributed by atoms with Gasteiger partial charge in [-0.3, -0.25) is 0 Å². The Bertz CT molecular complexity index is 973. The molecule has 0 aliphatic rings. The normalized spacial score (nSPS) is 10.5. The molecule has 0 saturated heterocycles. The van der Waals surface area contributed by atoms with E-state index in [2.05, 4.69) is 24.3 Å². The molecular formula is C24H20BiN2O2. The molecular weight excluding hydrogens is 557 g/mol. The SMILES string of the molecule is Nc1ccc(Oc2cc[c]([Bi][c]3ccc(Oc4ccc(N)cc4)cc3)cc2)cc1. The van der Waals surface area contributed by atoms with Crippen LogP contribution in [-0.2, 0) is 0 Å². The number of ether oxygens (including phenoxy) is 2. The summed E-state index contributed by atoms with van der Waals surface area (Å²) in [5.74, 6) is 3.22. The zero-order valence-electron chi connectivity index (χ0n) is 15.7. The molecule has 29 heavy (non-hydrogen) atoms. The predicted octanol–water partition coefficient (Wildman–Crippen LogP) is 4.09. The minimum absolute atomic E-state index is 0.727. The molecule has 1 radical (unpaired) electrons. The van der Waals surface area contributed by atoms with Crippen LogP contribution in [0.25, 0.3) is 0 Å². The van der Waals surface area contributed by atoms with Crippen LogP contribution in [0.3, 0.4) is 0 Å². The van der Waals surface area contributed by atoms with Gasteiger partial charge >= 0.3 is 182 Å². The predicted molar refractivity (Wildman–Crippen MR) is 120 cm³/mol. The fourth-order valence-electron chi connectivity index (χ4n) is 2.67. The van der Waals surface area contributed by atoms with Gasteiger partial charge in [0, 0.05) is 0 Å². The summed E-state index contributed by atoms with van der Waals surface area (Å²) < 4.78 is 14.5. The third kappa shape index (κ3) is 5.49. The Kier molecular flexibility index (Phi) is 5.97. The van der Waals surface area contributed by atoms with Crippen LogP contribution in [0.5, 0.6) is 23.0 Å². The van der Waals surface area contributed by atoms with Crippen LogP contribution >= 0.6 is 0 Å². The standard InChI is InChI=1S/2C12H10NO.Bi/c2*13-10-6-8-12(9-7-10)14-11-4-2-1-3-5-11;/h2*2-9H,13H2;. The number of nitrogens with two attached hydrogens (primary N) is 2. The second-order valence-electron chi connectivity index (χ2n) is 6.44. The van der Waals surface area contributed by atoms with Crippen LogP contribution < -0.4 is 27.5 Å². The second-order valence-corrected chi connectivity index (χ2v) is 11.3. The van der Waals surface area contributed by atoms with Gasteiger partial charge in [-0.1, -0.05) is 0 Å². The van der Waals surface area contributed by atoms with Gasteiger partial charge in [-0.15, -0.1) is 0 Å². The molecule has 0 spiro atoms. The van der Waals surface area contributed by atoms with Crippen molar-refractivity contribution in [1.29, 1.82) is 0 Å². The molecule has 0 bridgehead atoms. The van der Waals surface area contributed by atoms with Crippen LogP contribution in [0.4, 0.5) is 11.4 Å². The van der Waals surface area contributed by atoms with Crippen molar-refractivity contribution in [2.45, 2.75) is 0 Å². The fourth-order valence-corrected chi connectivity index (χ4v) is 6.15. The molecule has 4 aromatic carbocycles. The summed E-state index contributed by atoms with van der Waals surface area (Å²) in [4.78, 5) is 0. The molecule has 4 rings (SSSR count). The van der Waals surface area contributed by atoms with Crippen LogP contribution in [0, 0.1) is 0 Å². The number of nitrogen functional groups attached to an aromatic ring is 2. The first kappa shape index (κ1) is 19.3. The average Bonchev–Trinajstić information content (AvgIpc) is 2.74. The number of benzene rings is 4. The summed E-state index contributed by atoms with van der Waals surface area (Å²) >= 11 is -0.982. The van der Waals surface area contributed by atoms with E-state index in [1.54, 1.807) is 0 Å². The van der Waals surface area contributed by atoms with E-state index >= 15 is 0 Å². The van der Waals surface area contributed by atoms with Gasteiger partial charge in [-0.05, 0) is 0 Å². The Hall–Kier alpha value is -3.04. The Morgan fingerprint density at radius 3 is 1.00 bits per heavy atom. The monoisotopic (exact) mass is 577 g/mol. The van der Waals surface area contributed by atoms with Crippen molar-refractivity contribution in [2.75, 3.05) is 11.5 Å². The molecule has 4 aromatic rings. The van der Waals surface area contributed by atoms with Gasteiger partial charge in [0.15, 0.2) is 0 Å². The topological polar surface area (TPSA) is 70.5 Å². The molecule has 4 nitrogen and oxygen atoms in total. The maximum atomic E-state index is 5.86. The number of hydrogen-bond acceptors (Lipinski definition) is 4. The molecule has 0 atom stereocenters. The fraction of sp³-hybridized carbons (Fsp3) is 0. The van der Waals surface area contributed by atoms with Crippen LogP contribution in [0.15, 0.2) is 97.1 Å². The first-order valence-corrected chi connectivity index (χ1v) is 12.6. The Morgan fingerprint density at radius 2 is 0.690 bits per heavy atom. The van der Waals surface area contributed by atoms with Gasteiger partial charge in [-0.2, -0.15) is 0 Å². The van der Waals surface area contributed by atoms with E-state index in [9.17, 15) is 0 Å². The first-order chi connectivity index (χ1) is 14.1. The molecule has 0 heterocycles. The van der Waals surface area contributed by atoms with Crippen molar-refractivity contribution in [1.82, 2.24) is 0 Å². The molecule has 0 fully saturated rings. The number of rotatable bonds is 6. The quantitative estimate of drug-likeness (QED) is 0.268. The molecule has 0 aliphatic carbocycles. The van der Waals surface area contributed by atoms with Crippen molar-refractivity contribution >= 4 is 41.2 Å². The molecule has 0 unspecified atom stereocenters. The van der Waals surface area contributed by atoms with Gasteiger partial charge in [0.25, 0.3) is 0 Å². The van der Waals surface area contributed by atoms with Crippen molar-refractivity contribution in [3.63, 3.8) is 0 Å². The summed E-state index contributed by atoms with van der Waals surface area (Å²) in [5, 5.41) is 0. The summed E-state index contributed by atoms with van der Waals surface area (Å²) in [7, 11) is 0. The van der Waals surface area contributed by atoms with E-state index in [1.807, 2.05) is 72.8 Å². The Labute approximate surface area is 181 Å². The summed E-state index contributed by atoms with van der Waals surface area (Å²) in [6.07, 6.45) is 0. The first-order valence-electron chi connectivity index (χ1n) is 9.13. The van der Waals surface area contributed by atoms with Crippen LogP contribution in [-0.4, -0.2) is 23.2 Å². The van der Waals surface area contributed by atoms with Crippen molar-refractivity contribution in [3.05, 3.63) is 97.1 Å². The third-order valence-corrected chi connectivity index (χ3v) is 8.49. The average molecular weight is 577 g/mol. The van der Waals surface area contributed by atoms with E-state index in [1.165, 1.54) is 6.54 Å². The van der Waals surface area contributed by atoms with E-state index in [-0.39, 0.29) is 0 Å². The molecule has 0 aliphatic heterocycles. The molecule has 0 saturated carbocycles. The molecule has 143 valence electrons. The Balaban J connectivity index is 1.36. The molecule has 0 amide bonds. The van der Waals surface area contributed by atoms with E-state index in [0.29, 0.717) is 0 Å². The Morgan fingerprint density at radius 1 is 0.414 bits per heavy atom. The maximum absolute atomic E-state index is 5.86. The van der Waals surface area contributed by atoms with Gasteiger partial charge in [0.2, 0.25) is 0 Å². The zero-order chi connectivity index (χ0) is 20.1. The third-order valence-electron chi connectivity index (χ3n) is 4.16. The van der Waals surface area contributed by atoms with Gasteiger partial charge in [-0.25, -0.2) is 0 Å². The van der Waals surface area contributed by atoms with Crippen molar-refractivity contribution in [2.24, 2.45) is 0 Å². The van der Waals surface area contributed by atoms with Crippen molar-refractivity contribution < 1.29 is 9.47 Å². The number of anilines is 2. The van der Waals surface area contributed by atoms with E-state index in [0.717, 1.165) is 34.4 Å². The van der Waals surface area contributed by atoms with Gasteiger partial charge in [0.1, 0.15) is 0 Å². The number of hydrogen-bond donors (Lipinski definition) is 2. The minimum atomic E-state index is -0.982. The molecule has 5 heteroatoms.